The fraction of sp³-hybridized carbons (Fsp3) is 0.0833. The Morgan fingerprint density at radius 2 is 1.25 bits per heavy atom. The Morgan fingerprint density at radius 1 is 0.643 bits per heavy atom. The first kappa shape index (κ1) is 18.3. The van der Waals surface area contributed by atoms with Gasteiger partial charge in [-0.05, 0) is 59.8 Å². The summed E-state index contributed by atoms with van der Waals surface area (Å²) in [5.74, 6) is 0. The molecule has 4 rings (SSSR count). The van der Waals surface area contributed by atoms with Crippen molar-refractivity contribution in [1.29, 1.82) is 0 Å². The first-order chi connectivity index (χ1) is 13.7. The van der Waals surface area contributed by atoms with Crippen molar-refractivity contribution in [1.82, 2.24) is 0 Å². The van der Waals surface area contributed by atoms with Crippen molar-refractivity contribution in [2.75, 3.05) is 4.90 Å². The van der Waals surface area contributed by atoms with Crippen molar-refractivity contribution >= 4 is 29.5 Å². The molecule has 3 aromatic carbocycles. The molecule has 1 aliphatic carbocycles. The van der Waals surface area contributed by atoms with Crippen molar-refractivity contribution in [2.24, 2.45) is 0 Å². The smallest absolute Gasteiger partial charge is 0.423 e. The van der Waals surface area contributed by atoms with E-state index in [-0.39, 0.29) is 0 Å². The topological polar surface area (TPSA) is 43.7 Å². The van der Waals surface area contributed by atoms with Gasteiger partial charge in [-0.3, -0.25) is 0 Å². The Bertz CT molecular complexity index is 980. The van der Waals surface area contributed by atoms with Gasteiger partial charge in [0.1, 0.15) is 0 Å². The van der Waals surface area contributed by atoms with Gasteiger partial charge in [0.25, 0.3) is 0 Å². The molecule has 0 bridgehead atoms. The summed E-state index contributed by atoms with van der Waals surface area (Å²) in [6.45, 7) is 0. The second-order valence-electron chi connectivity index (χ2n) is 6.85. The molecule has 0 amide bonds. The average Bonchev–Trinajstić information content (AvgIpc) is 2.76. The average molecular weight is 367 g/mol. The molecule has 0 spiro atoms. The van der Waals surface area contributed by atoms with Crippen molar-refractivity contribution in [2.45, 2.75) is 12.8 Å². The lowest BCUT2D eigenvalue weighted by atomic mass is 9.80. The predicted molar refractivity (Wildman–Crippen MR) is 117 cm³/mol. The summed E-state index contributed by atoms with van der Waals surface area (Å²) in [5.41, 5.74) is 6.39. The summed E-state index contributed by atoms with van der Waals surface area (Å²) in [4.78, 5) is 2.23. The maximum Gasteiger partial charge on any atom is 0.488 e. The zero-order chi connectivity index (χ0) is 19.3. The van der Waals surface area contributed by atoms with Crippen LogP contribution in [-0.2, 0) is 0 Å². The molecule has 0 aliphatic heterocycles. The molecular formula is C24H22BNO2. The molecule has 0 saturated carbocycles. The van der Waals surface area contributed by atoms with Crippen LogP contribution in [0.1, 0.15) is 18.4 Å². The van der Waals surface area contributed by atoms with Crippen LogP contribution in [-0.4, -0.2) is 17.2 Å². The number of benzene rings is 3. The van der Waals surface area contributed by atoms with E-state index in [4.69, 9.17) is 0 Å². The van der Waals surface area contributed by atoms with Crippen molar-refractivity contribution < 1.29 is 10.0 Å². The Morgan fingerprint density at radius 3 is 1.82 bits per heavy atom. The number of hydrogen-bond donors (Lipinski definition) is 2. The highest BCUT2D eigenvalue weighted by Crippen LogP contribution is 2.35. The molecule has 0 atom stereocenters. The van der Waals surface area contributed by atoms with E-state index in [9.17, 15) is 10.0 Å². The van der Waals surface area contributed by atoms with Crippen LogP contribution in [0.3, 0.4) is 0 Å². The number of nitrogens with zero attached hydrogens (tertiary/aromatic N) is 1. The zero-order valence-corrected chi connectivity index (χ0v) is 15.6. The Kier molecular flexibility index (Phi) is 5.42. The third-order valence-corrected chi connectivity index (χ3v) is 5.02. The van der Waals surface area contributed by atoms with Gasteiger partial charge in [-0.2, -0.15) is 0 Å². The lowest BCUT2D eigenvalue weighted by Crippen LogP contribution is -2.29. The molecule has 2 N–H and O–H groups in total. The van der Waals surface area contributed by atoms with E-state index in [0.29, 0.717) is 5.46 Å². The largest absolute Gasteiger partial charge is 0.488 e. The highest BCUT2D eigenvalue weighted by atomic mass is 16.4. The van der Waals surface area contributed by atoms with E-state index in [2.05, 4.69) is 53.5 Å². The van der Waals surface area contributed by atoms with Crippen LogP contribution in [0.15, 0.2) is 103 Å². The van der Waals surface area contributed by atoms with Crippen LogP contribution in [0.25, 0.3) is 5.57 Å². The Labute approximate surface area is 166 Å². The second-order valence-corrected chi connectivity index (χ2v) is 6.85. The van der Waals surface area contributed by atoms with E-state index >= 15 is 0 Å². The molecule has 0 saturated heterocycles. The minimum atomic E-state index is -1.45. The van der Waals surface area contributed by atoms with Crippen molar-refractivity contribution in [3.05, 3.63) is 108 Å². The van der Waals surface area contributed by atoms with Gasteiger partial charge < -0.3 is 14.9 Å². The predicted octanol–water partition coefficient (Wildman–Crippen LogP) is 4.27. The molecule has 3 nitrogen and oxygen atoms in total. The van der Waals surface area contributed by atoms with Crippen molar-refractivity contribution in [3.8, 4) is 0 Å². The normalized spacial score (nSPS) is 13.5. The fourth-order valence-electron chi connectivity index (χ4n) is 3.56. The monoisotopic (exact) mass is 367 g/mol. The van der Waals surface area contributed by atoms with E-state index in [1.165, 1.54) is 16.8 Å². The van der Waals surface area contributed by atoms with E-state index in [1.54, 1.807) is 12.1 Å². The van der Waals surface area contributed by atoms with E-state index < -0.39 is 7.12 Å². The summed E-state index contributed by atoms with van der Waals surface area (Å²) in [7, 11) is -1.45. The maximum atomic E-state index is 9.38. The van der Waals surface area contributed by atoms with Gasteiger partial charge in [-0.15, -0.1) is 0 Å². The number of rotatable bonds is 5. The lowest BCUT2D eigenvalue weighted by molar-refractivity contribution is 0.426. The molecule has 1 aliphatic rings. The Balaban J connectivity index is 1.70. The summed E-state index contributed by atoms with van der Waals surface area (Å²) < 4.78 is 0. The highest BCUT2D eigenvalue weighted by molar-refractivity contribution is 6.58. The van der Waals surface area contributed by atoms with Crippen LogP contribution < -0.4 is 10.4 Å². The fourth-order valence-corrected chi connectivity index (χ4v) is 3.56. The van der Waals surface area contributed by atoms with Gasteiger partial charge in [0.15, 0.2) is 0 Å². The first-order valence-corrected chi connectivity index (χ1v) is 9.49. The molecule has 0 heterocycles. The Hall–Kier alpha value is -3.08. The molecule has 0 radical (unpaired) electrons. The van der Waals surface area contributed by atoms with Crippen molar-refractivity contribution in [3.63, 3.8) is 0 Å². The van der Waals surface area contributed by atoms with Gasteiger partial charge in [-0.1, -0.05) is 66.7 Å². The van der Waals surface area contributed by atoms with E-state index in [1.807, 2.05) is 36.4 Å². The molecule has 0 aromatic heterocycles. The van der Waals surface area contributed by atoms with Gasteiger partial charge in [0.05, 0.1) is 0 Å². The first-order valence-electron chi connectivity index (χ1n) is 9.49. The summed E-state index contributed by atoms with van der Waals surface area (Å²) in [6.07, 6.45) is 6.30. The van der Waals surface area contributed by atoms with Crippen LogP contribution in [0.2, 0.25) is 0 Å². The summed E-state index contributed by atoms with van der Waals surface area (Å²) >= 11 is 0. The number of allylic oxidation sites excluding steroid dienone is 4. The quantitative estimate of drug-likeness (QED) is 0.662. The van der Waals surface area contributed by atoms with E-state index in [0.717, 1.165) is 24.2 Å². The van der Waals surface area contributed by atoms with Crippen LogP contribution in [0.5, 0.6) is 0 Å². The summed E-state index contributed by atoms with van der Waals surface area (Å²) in [6, 6.07) is 28.1. The van der Waals surface area contributed by atoms with Crippen LogP contribution in [0, 0.1) is 0 Å². The minimum absolute atomic E-state index is 0.487. The maximum absolute atomic E-state index is 9.38. The SMILES string of the molecule is OB(O)c1ccc(N(C2=CC=C(c3ccccc3)CC2)c2ccccc2)cc1. The highest BCUT2D eigenvalue weighted by Gasteiger charge is 2.18. The standard InChI is InChI=1S/C24H22BNO2/c27-25(28)21-13-17-24(18-14-21)26(22-9-5-2-6-10-22)23-15-11-20(12-16-23)19-7-3-1-4-8-19/h1-11,13-15,17-18,27-28H,12,16H2. The second kappa shape index (κ2) is 8.30. The van der Waals surface area contributed by atoms with Crippen LogP contribution >= 0.6 is 0 Å². The molecule has 3 aromatic rings. The number of hydrogen-bond acceptors (Lipinski definition) is 3. The van der Waals surface area contributed by atoms with Gasteiger partial charge in [0.2, 0.25) is 0 Å². The summed E-state index contributed by atoms with van der Waals surface area (Å²) in [5, 5.41) is 18.8. The minimum Gasteiger partial charge on any atom is -0.423 e. The zero-order valence-electron chi connectivity index (χ0n) is 15.6. The third kappa shape index (κ3) is 3.93. The van der Waals surface area contributed by atoms with Crippen LogP contribution in [0.4, 0.5) is 11.4 Å². The molecule has 4 heteroatoms. The molecule has 0 fully saturated rings. The lowest BCUT2D eigenvalue weighted by Gasteiger charge is -2.30. The van der Waals surface area contributed by atoms with Gasteiger partial charge >= 0.3 is 7.12 Å². The van der Waals surface area contributed by atoms with Gasteiger partial charge in [-0.25, -0.2) is 0 Å². The third-order valence-electron chi connectivity index (χ3n) is 5.02. The molecular weight excluding hydrogens is 345 g/mol. The molecule has 138 valence electrons. The number of para-hydroxylation sites is 1. The molecule has 28 heavy (non-hydrogen) atoms. The van der Waals surface area contributed by atoms with Gasteiger partial charge in [0, 0.05) is 17.1 Å². The molecule has 0 unspecified atom stereocenters. The number of anilines is 2.